The number of amides is 1. The fourth-order valence-electron chi connectivity index (χ4n) is 4.34. The van der Waals surface area contributed by atoms with E-state index in [2.05, 4.69) is 16.7 Å². The maximum Gasteiger partial charge on any atom is 0.224 e. The molecule has 1 aromatic carbocycles. The van der Waals surface area contributed by atoms with Crippen molar-refractivity contribution in [3.8, 4) is 0 Å². The Morgan fingerprint density at radius 3 is 2.75 bits per heavy atom. The van der Waals surface area contributed by atoms with E-state index < -0.39 is 0 Å². The lowest BCUT2D eigenvalue weighted by molar-refractivity contribution is -0.117. The molecule has 3 fully saturated rings. The summed E-state index contributed by atoms with van der Waals surface area (Å²) in [6.45, 7) is 0. The van der Waals surface area contributed by atoms with E-state index in [1.807, 2.05) is 12.1 Å². The van der Waals surface area contributed by atoms with Crippen LogP contribution in [0, 0.1) is 5.92 Å². The Morgan fingerprint density at radius 2 is 2.00 bits per heavy atom. The number of hydrogen-bond acceptors (Lipinski definition) is 4. The van der Waals surface area contributed by atoms with Crippen molar-refractivity contribution in [2.24, 2.45) is 5.92 Å². The first-order chi connectivity index (χ1) is 11.7. The highest BCUT2D eigenvalue weighted by atomic mass is 32.1. The van der Waals surface area contributed by atoms with Crippen molar-refractivity contribution in [1.29, 1.82) is 0 Å². The van der Waals surface area contributed by atoms with Crippen LogP contribution >= 0.6 is 11.3 Å². The van der Waals surface area contributed by atoms with E-state index in [1.54, 1.807) is 11.3 Å². The molecule has 5 rings (SSSR count). The fourth-order valence-corrected chi connectivity index (χ4v) is 5.52. The van der Waals surface area contributed by atoms with Gasteiger partial charge in [0.25, 0.3) is 0 Å². The van der Waals surface area contributed by atoms with E-state index in [0.29, 0.717) is 30.3 Å². The Hall–Kier alpha value is -1.46. The van der Waals surface area contributed by atoms with E-state index in [1.165, 1.54) is 35.4 Å². The van der Waals surface area contributed by atoms with Gasteiger partial charge in [0.2, 0.25) is 5.91 Å². The third-order valence-corrected chi connectivity index (χ3v) is 6.84. The molecule has 126 valence electrons. The van der Waals surface area contributed by atoms with Gasteiger partial charge in [-0.3, -0.25) is 4.79 Å². The number of carbonyl (C=O) groups is 1. The summed E-state index contributed by atoms with van der Waals surface area (Å²) in [6, 6.07) is 7.41. The number of carbonyl (C=O) groups excluding carboxylic acids is 1. The molecule has 1 saturated carbocycles. The summed E-state index contributed by atoms with van der Waals surface area (Å²) in [5.41, 5.74) is 1.98. The van der Waals surface area contributed by atoms with Crippen LogP contribution < -0.4 is 10.6 Å². The zero-order valence-corrected chi connectivity index (χ0v) is 14.6. The quantitative estimate of drug-likeness (QED) is 0.883. The summed E-state index contributed by atoms with van der Waals surface area (Å²) >= 11 is 1.78. The summed E-state index contributed by atoms with van der Waals surface area (Å²) in [7, 11) is 0. The molecule has 2 saturated heterocycles. The minimum absolute atomic E-state index is 0.160. The first kappa shape index (κ1) is 14.8. The third-order valence-electron chi connectivity index (χ3n) is 5.66. The molecule has 1 aromatic heterocycles. The molecule has 1 aliphatic carbocycles. The lowest BCUT2D eigenvalue weighted by Crippen LogP contribution is -2.39. The lowest BCUT2D eigenvalue weighted by Gasteiger charge is -2.28. The van der Waals surface area contributed by atoms with Gasteiger partial charge in [-0.1, -0.05) is 0 Å². The zero-order valence-electron chi connectivity index (χ0n) is 13.8. The molecular weight excluding hydrogens is 318 g/mol. The predicted octanol–water partition coefficient (Wildman–Crippen LogP) is 4.03. The maximum atomic E-state index is 12.4. The van der Waals surface area contributed by atoms with E-state index in [9.17, 15) is 4.79 Å². The minimum atomic E-state index is 0.160. The van der Waals surface area contributed by atoms with Crippen molar-refractivity contribution in [1.82, 2.24) is 10.3 Å². The zero-order chi connectivity index (χ0) is 16.1. The van der Waals surface area contributed by atoms with Gasteiger partial charge in [0.15, 0.2) is 0 Å². The number of nitrogens with zero attached hydrogens (tertiary/aromatic N) is 1. The van der Waals surface area contributed by atoms with Crippen molar-refractivity contribution >= 4 is 33.1 Å². The first-order valence-electron chi connectivity index (χ1n) is 9.19. The molecule has 5 heteroatoms. The minimum Gasteiger partial charge on any atom is -0.326 e. The van der Waals surface area contributed by atoms with Gasteiger partial charge in [0.05, 0.1) is 15.2 Å². The van der Waals surface area contributed by atoms with Crippen LogP contribution in [0.4, 0.5) is 5.69 Å². The van der Waals surface area contributed by atoms with Crippen molar-refractivity contribution in [2.75, 3.05) is 5.32 Å². The van der Waals surface area contributed by atoms with Crippen molar-refractivity contribution in [3.63, 3.8) is 0 Å². The third kappa shape index (κ3) is 2.95. The highest BCUT2D eigenvalue weighted by molar-refractivity contribution is 7.18. The summed E-state index contributed by atoms with van der Waals surface area (Å²) in [5, 5.41) is 8.01. The van der Waals surface area contributed by atoms with Crippen LogP contribution in [0.25, 0.3) is 10.2 Å². The van der Waals surface area contributed by atoms with E-state index in [4.69, 9.17) is 4.98 Å². The van der Waals surface area contributed by atoms with Crippen LogP contribution in [-0.2, 0) is 4.79 Å². The normalized spacial score (nSPS) is 29.1. The first-order valence-corrected chi connectivity index (χ1v) is 10.0. The van der Waals surface area contributed by atoms with E-state index >= 15 is 0 Å². The SMILES string of the molecule is O=C(CC1CC2CCC(C1)N2)Nc1ccc2nc(C3CC3)sc2c1. The Kier molecular flexibility index (Phi) is 3.60. The molecule has 3 heterocycles. The predicted molar refractivity (Wildman–Crippen MR) is 97.5 cm³/mol. The molecule has 2 unspecified atom stereocenters. The number of piperidine rings is 1. The van der Waals surface area contributed by atoms with Gasteiger partial charge in [-0.15, -0.1) is 11.3 Å². The summed E-state index contributed by atoms with van der Waals surface area (Å²) < 4.78 is 1.19. The Labute approximate surface area is 146 Å². The Balaban J connectivity index is 1.25. The van der Waals surface area contributed by atoms with Gasteiger partial charge >= 0.3 is 0 Å². The summed E-state index contributed by atoms with van der Waals surface area (Å²) in [6.07, 6.45) is 8.10. The standard InChI is InChI=1S/C19H23N3OS/c23-18(9-11-7-13-3-4-14(8-11)20-13)21-15-5-6-16-17(10-15)24-19(22-16)12-1-2-12/h5-6,10-14,20H,1-4,7-9H2,(H,21,23). The average Bonchev–Trinajstić information content (AvgIpc) is 3.24. The largest absolute Gasteiger partial charge is 0.326 e. The second-order valence-electron chi connectivity index (χ2n) is 7.74. The van der Waals surface area contributed by atoms with Gasteiger partial charge in [-0.2, -0.15) is 0 Å². The number of nitrogens with one attached hydrogen (secondary N) is 2. The van der Waals surface area contributed by atoms with Crippen LogP contribution in [0.3, 0.4) is 0 Å². The number of hydrogen-bond donors (Lipinski definition) is 2. The molecule has 0 radical (unpaired) electrons. The van der Waals surface area contributed by atoms with Gasteiger partial charge in [-0.25, -0.2) is 4.98 Å². The monoisotopic (exact) mass is 341 g/mol. The number of aromatic nitrogens is 1. The summed E-state index contributed by atoms with van der Waals surface area (Å²) in [4.78, 5) is 17.1. The molecule has 2 aliphatic heterocycles. The molecule has 24 heavy (non-hydrogen) atoms. The van der Waals surface area contributed by atoms with Gasteiger partial charge in [-0.05, 0) is 62.6 Å². The average molecular weight is 341 g/mol. The molecule has 2 atom stereocenters. The number of benzene rings is 1. The van der Waals surface area contributed by atoms with Gasteiger partial charge in [0.1, 0.15) is 0 Å². The van der Waals surface area contributed by atoms with Crippen LogP contribution in [-0.4, -0.2) is 23.0 Å². The molecule has 3 aliphatic rings. The van der Waals surface area contributed by atoms with Gasteiger partial charge in [0, 0.05) is 30.1 Å². The van der Waals surface area contributed by atoms with Crippen LogP contribution in [0.2, 0.25) is 0 Å². The van der Waals surface area contributed by atoms with Crippen LogP contribution in [0.1, 0.15) is 55.9 Å². The molecule has 2 aromatic rings. The van der Waals surface area contributed by atoms with E-state index in [-0.39, 0.29) is 5.91 Å². The van der Waals surface area contributed by atoms with Gasteiger partial charge < -0.3 is 10.6 Å². The molecule has 2 bridgehead atoms. The molecule has 2 N–H and O–H groups in total. The van der Waals surface area contributed by atoms with Crippen LogP contribution in [0.15, 0.2) is 18.2 Å². The molecular formula is C19H23N3OS. The maximum absolute atomic E-state index is 12.4. The van der Waals surface area contributed by atoms with Crippen molar-refractivity contribution in [2.45, 2.75) is 62.9 Å². The van der Waals surface area contributed by atoms with Crippen molar-refractivity contribution < 1.29 is 4.79 Å². The topological polar surface area (TPSA) is 54.0 Å². The number of rotatable bonds is 4. The van der Waals surface area contributed by atoms with Crippen LogP contribution in [0.5, 0.6) is 0 Å². The number of thiazole rings is 1. The second-order valence-corrected chi connectivity index (χ2v) is 8.80. The lowest BCUT2D eigenvalue weighted by atomic mass is 9.89. The smallest absolute Gasteiger partial charge is 0.224 e. The molecule has 0 spiro atoms. The fraction of sp³-hybridized carbons (Fsp3) is 0.579. The Bertz CT molecular complexity index is 770. The van der Waals surface area contributed by atoms with E-state index in [0.717, 1.165) is 24.0 Å². The number of fused-ring (bicyclic) bond motifs is 3. The second kappa shape index (κ2) is 5.81. The highest BCUT2D eigenvalue weighted by Gasteiger charge is 2.34. The highest BCUT2D eigenvalue weighted by Crippen LogP contribution is 2.43. The van der Waals surface area contributed by atoms with Crippen molar-refractivity contribution in [3.05, 3.63) is 23.2 Å². The molecule has 4 nitrogen and oxygen atoms in total. The molecule has 1 amide bonds. The Morgan fingerprint density at radius 1 is 1.21 bits per heavy atom. The number of anilines is 1. The summed E-state index contributed by atoms with van der Waals surface area (Å²) in [5.74, 6) is 1.39.